The summed E-state index contributed by atoms with van der Waals surface area (Å²) in [6.45, 7) is 0.890. The fraction of sp³-hybridized carbons (Fsp3) is 0.348. The van der Waals surface area contributed by atoms with E-state index < -0.39 is 0 Å². The van der Waals surface area contributed by atoms with Crippen LogP contribution >= 0.6 is 0 Å². The molecule has 34 heavy (non-hydrogen) atoms. The molecule has 0 aliphatic carbocycles. The van der Waals surface area contributed by atoms with Crippen molar-refractivity contribution in [1.29, 1.82) is 0 Å². The summed E-state index contributed by atoms with van der Waals surface area (Å²) in [5.74, 6) is 3.47. The first kappa shape index (κ1) is 21.8. The Bertz CT molecular complexity index is 1280. The summed E-state index contributed by atoms with van der Waals surface area (Å²) in [7, 11) is 4.74. The number of benzene rings is 1. The van der Waals surface area contributed by atoms with Crippen LogP contribution in [0, 0.1) is 0 Å². The molecule has 1 aliphatic heterocycles. The second kappa shape index (κ2) is 9.10. The number of nitrogens with zero attached hydrogens (tertiary/aromatic N) is 5. The lowest BCUT2D eigenvalue weighted by atomic mass is 10.2. The third-order valence-electron chi connectivity index (χ3n) is 6.03. The van der Waals surface area contributed by atoms with Crippen LogP contribution < -0.4 is 24.4 Å². The fourth-order valence-corrected chi connectivity index (χ4v) is 4.31. The topological polar surface area (TPSA) is 123 Å². The molecule has 1 atom stereocenters. The van der Waals surface area contributed by atoms with Gasteiger partial charge in [0, 0.05) is 24.9 Å². The molecule has 1 aliphatic rings. The Morgan fingerprint density at radius 2 is 1.94 bits per heavy atom. The Morgan fingerprint density at radius 1 is 1.15 bits per heavy atom. The van der Waals surface area contributed by atoms with Gasteiger partial charge in [-0.2, -0.15) is 9.97 Å². The van der Waals surface area contributed by atoms with Crippen LogP contribution in [-0.4, -0.2) is 70.1 Å². The van der Waals surface area contributed by atoms with Gasteiger partial charge in [-0.05, 0) is 18.9 Å². The normalized spacial score (nSPS) is 15.6. The van der Waals surface area contributed by atoms with Crippen LogP contribution in [0.15, 0.2) is 36.9 Å². The van der Waals surface area contributed by atoms with E-state index in [1.807, 2.05) is 35.2 Å². The first-order valence-electron chi connectivity index (χ1n) is 11.0. The predicted molar refractivity (Wildman–Crippen MR) is 128 cm³/mol. The molecule has 5 rings (SSSR count). The van der Waals surface area contributed by atoms with Crippen LogP contribution in [0.3, 0.4) is 0 Å². The maximum atomic E-state index is 9.74. The van der Waals surface area contributed by atoms with Crippen LogP contribution in [0.1, 0.15) is 12.8 Å². The summed E-state index contributed by atoms with van der Waals surface area (Å²) >= 11 is 0. The minimum Gasteiger partial charge on any atom is -0.493 e. The van der Waals surface area contributed by atoms with E-state index in [0.29, 0.717) is 34.8 Å². The van der Waals surface area contributed by atoms with Gasteiger partial charge in [0.2, 0.25) is 11.7 Å². The van der Waals surface area contributed by atoms with Crippen molar-refractivity contribution < 1.29 is 19.3 Å². The molecule has 0 bridgehead atoms. The van der Waals surface area contributed by atoms with Crippen molar-refractivity contribution in [2.45, 2.75) is 18.9 Å². The van der Waals surface area contributed by atoms with Gasteiger partial charge in [-0.3, -0.25) is 0 Å². The molecule has 1 aromatic carbocycles. The second-order valence-corrected chi connectivity index (χ2v) is 7.96. The molecule has 0 radical (unpaired) electrons. The number of hydrogen-bond donors (Lipinski definition) is 3. The number of methoxy groups -OCH3 is 3. The molecular weight excluding hydrogens is 438 g/mol. The van der Waals surface area contributed by atoms with Crippen molar-refractivity contribution in [1.82, 2.24) is 24.5 Å². The zero-order valence-corrected chi connectivity index (χ0v) is 19.3. The number of H-pyrrole nitrogens is 1. The lowest BCUT2D eigenvalue weighted by Crippen LogP contribution is -2.33. The molecule has 1 fully saturated rings. The average Bonchev–Trinajstić information content (AvgIpc) is 3.63. The molecule has 0 spiro atoms. The van der Waals surface area contributed by atoms with Crippen LogP contribution in [0.5, 0.6) is 17.2 Å². The molecular formula is C23H27N7O4. The van der Waals surface area contributed by atoms with E-state index >= 15 is 0 Å². The summed E-state index contributed by atoms with van der Waals surface area (Å²) in [5, 5.41) is 13.9. The number of nitrogens with one attached hydrogen (secondary N) is 2. The van der Waals surface area contributed by atoms with Crippen LogP contribution in [-0.2, 0) is 0 Å². The highest BCUT2D eigenvalue weighted by molar-refractivity contribution is 5.89. The monoisotopic (exact) mass is 465 g/mol. The largest absolute Gasteiger partial charge is 0.493 e. The first-order valence-corrected chi connectivity index (χ1v) is 11.0. The number of anilines is 3. The Balaban J connectivity index is 1.47. The number of imidazole rings is 1. The molecule has 3 aromatic heterocycles. The number of fused-ring (bicyclic) bond motifs is 1. The summed E-state index contributed by atoms with van der Waals surface area (Å²) in [4.78, 5) is 19.2. The van der Waals surface area contributed by atoms with Crippen molar-refractivity contribution in [2.24, 2.45) is 0 Å². The lowest BCUT2D eigenvalue weighted by molar-refractivity contribution is 0.265. The Hall–Kier alpha value is -3.99. The maximum Gasteiger partial charge on any atom is 0.229 e. The van der Waals surface area contributed by atoms with Gasteiger partial charge in [-0.1, -0.05) is 0 Å². The molecule has 0 amide bonds. The summed E-state index contributed by atoms with van der Waals surface area (Å²) in [5.41, 5.74) is 1.52. The highest BCUT2D eigenvalue weighted by atomic mass is 16.5. The summed E-state index contributed by atoms with van der Waals surface area (Å²) in [6, 6.07) is 5.65. The van der Waals surface area contributed by atoms with Gasteiger partial charge < -0.3 is 39.1 Å². The van der Waals surface area contributed by atoms with E-state index in [1.165, 1.54) is 0 Å². The van der Waals surface area contributed by atoms with Gasteiger partial charge in [0.25, 0.3) is 0 Å². The smallest absolute Gasteiger partial charge is 0.229 e. The van der Waals surface area contributed by atoms with E-state index in [9.17, 15) is 5.11 Å². The van der Waals surface area contributed by atoms with E-state index in [4.69, 9.17) is 19.2 Å². The Morgan fingerprint density at radius 3 is 2.65 bits per heavy atom. The number of hydrogen-bond acceptors (Lipinski definition) is 9. The molecule has 11 heteroatoms. The van der Waals surface area contributed by atoms with Gasteiger partial charge in [-0.15, -0.1) is 0 Å². The van der Waals surface area contributed by atoms with Gasteiger partial charge in [0.15, 0.2) is 11.5 Å². The molecule has 178 valence electrons. The van der Waals surface area contributed by atoms with E-state index in [2.05, 4.69) is 25.2 Å². The third-order valence-corrected chi connectivity index (χ3v) is 6.03. The summed E-state index contributed by atoms with van der Waals surface area (Å²) < 4.78 is 18.2. The Labute approximate surface area is 196 Å². The van der Waals surface area contributed by atoms with Gasteiger partial charge in [0.05, 0.1) is 51.2 Å². The number of aliphatic hydroxyl groups excluding tert-OH is 1. The van der Waals surface area contributed by atoms with Gasteiger partial charge >= 0.3 is 0 Å². The zero-order chi connectivity index (χ0) is 23.7. The molecule has 0 saturated carbocycles. The SMILES string of the molecule is COc1cc(-n2cnc(Nc3nc(N4CCCC4CO)nc4[nH]ccc34)c2)cc(OC)c1OC. The quantitative estimate of drug-likeness (QED) is 0.360. The number of ether oxygens (including phenoxy) is 3. The highest BCUT2D eigenvalue weighted by Gasteiger charge is 2.27. The number of aromatic amines is 1. The molecule has 4 heterocycles. The van der Waals surface area contributed by atoms with E-state index in [-0.39, 0.29) is 12.6 Å². The highest BCUT2D eigenvalue weighted by Crippen LogP contribution is 2.39. The van der Waals surface area contributed by atoms with Gasteiger partial charge in [-0.25, -0.2) is 4.98 Å². The molecule has 3 N–H and O–H groups in total. The minimum absolute atomic E-state index is 0.0273. The van der Waals surface area contributed by atoms with Crippen LogP contribution in [0.25, 0.3) is 16.7 Å². The van der Waals surface area contributed by atoms with Crippen LogP contribution in [0.4, 0.5) is 17.6 Å². The van der Waals surface area contributed by atoms with Crippen molar-refractivity contribution >= 4 is 28.6 Å². The van der Waals surface area contributed by atoms with Crippen molar-refractivity contribution in [3.8, 4) is 22.9 Å². The zero-order valence-electron chi connectivity index (χ0n) is 19.3. The van der Waals surface area contributed by atoms with Crippen molar-refractivity contribution in [2.75, 3.05) is 44.7 Å². The molecule has 1 saturated heterocycles. The summed E-state index contributed by atoms with van der Waals surface area (Å²) in [6.07, 6.45) is 7.30. The minimum atomic E-state index is 0.0273. The number of aromatic nitrogens is 5. The average molecular weight is 466 g/mol. The third kappa shape index (κ3) is 3.83. The lowest BCUT2D eigenvalue weighted by Gasteiger charge is -2.23. The molecule has 4 aromatic rings. The Kier molecular flexibility index (Phi) is 5.84. The van der Waals surface area contributed by atoms with Crippen molar-refractivity contribution in [3.63, 3.8) is 0 Å². The van der Waals surface area contributed by atoms with Crippen molar-refractivity contribution in [3.05, 3.63) is 36.9 Å². The van der Waals surface area contributed by atoms with E-state index in [0.717, 1.165) is 36.1 Å². The number of aliphatic hydroxyl groups is 1. The second-order valence-electron chi connectivity index (χ2n) is 7.96. The molecule has 1 unspecified atom stereocenters. The molecule has 11 nitrogen and oxygen atoms in total. The standard InChI is InChI=1S/C23H27N7O4/c1-32-17-9-15(10-18(33-2)20(17)34-3)29-11-19(25-13-29)26-22-16-6-7-24-21(16)27-23(28-22)30-8-4-5-14(30)12-31/h6-7,9-11,13-14,31H,4-5,8,12H2,1-3H3,(H2,24,26,27,28). The predicted octanol–water partition coefficient (Wildman–Crippen LogP) is 2.87. The van der Waals surface area contributed by atoms with E-state index in [1.54, 1.807) is 27.7 Å². The first-order chi connectivity index (χ1) is 16.6. The maximum absolute atomic E-state index is 9.74. The number of rotatable bonds is 8. The fourth-order valence-electron chi connectivity index (χ4n) is 4.31. The van der Waals surface area contributed by atoms with Crippen LogP contribution in [0.2, 0.25) is 0 Å². The van der Waals surface area contributed by atoms with Gasteiger partial charge in [0.1, 0.15) is 23.6 Å².